The number of carbonyl (C=O) groups is 1. The Labute approximate surface area is 155 Å². The highest BCUT2D eigenvalue weighted by Gasteiger charge is 2.14. The second kappa shape index (κ2) is 7.63. The van der Waals surface area contributed by atoms with Crippen molar-refractivity contribution >= 4 is 11.5 Å². The molecule has 1 aliphatic heterocycles. The fourth-order valence-corrected chi connectivity index (χ4v) is 2.95. The molecule has 0 bridgehead atoms. The molecule has 1 fully saturated rings. The third-order valence-electron chi connectivity index (χ3n) is 4.39. The molecule has 0 aliphatic carbocycles. The maximum atomic E-state index is 13.2. The molecular formula is C19H18FN5O2. The van der Waals surface area contributed by atoms with Gasteiger partial charge in [0.15, 0.2) is 5.78 Å². The van der Waals surface area contributed by atoms with Crippen LogP contribution in [0.4, 0.5) is 10.1 Å². The zero-order chi connectivity index (χ0) is 18.6. The van der Waals surface area contributed by atoms with E-state index in [1.165, 1.54) is 23.0 Å². The number of ether oxygens (including phenoxy) is 1. The number of hydrogen-bond donors (Lipinski definition) is 0. The summed E-state index contributed by atoms with van der Waals surface area (Å²) in [4.78, 5) is 15.7. The van der Waals surface area contributed by atoms with Crippen LogP contribution in [0.5, 0.6) is 0 Å². The fraction of sp³-hybridized carbons (Fsp3) is 0.263. The van der Waals surface area contributed by atoms with E-state index in [4.69, 9.17) is 4.74 Å². The van der Waals surface area contributed by atoms with Crippen molar-refractivity contribution < 1.29 is 13.9 Å². The van der Waals surface area contributed by atoms with Gasteiger partial charge in [0.05, 0.1) is 13.2 Å². The molecule has 0 N–H and O–H groups in total. The number of aromatic nitrogens is 4. The van der Waals surface area contributed by atoms with E-state index < -0.39 is 5.82 Å². The van der Waals surface area contributed by atoms with Gasteiger partial charge in [-0.15, -0.1) is 10.2 Å². The van der Waals surface area contributed by atoms with Crippen LogP contribution in [0.2, 0.25) is 0 Å². The number of hydrogen-bond acceptors (Lipinski definition) is 6. The smallest absolute Gasteiger partial charge is 0.204 e. The van der Waals surface area contributed by atoms with Gasteiger partial charge in [0, 0.05) is 29.9 Å². The van der Waals surface area contributed by atoms with Crippen LogP contribution < -0.4 is 4.90 Å². The number of Topliss-reactive ketones (excluding diaryl/α,β-unsaturated/α-hetero) is 1. The summed E-state index contributed by atoms with van der Waals surface area (Å²) < 4.78 is 18.6. The van der Waals surface area contributed by atoms with E-state index in [9.17, 15) is 9.18 Å². The van der Waals surface area contributed by atoms with Gasteiger partial charge in [-0.2, -0.15) is 4.80 Å². The Hall–Kier alpha value is -3.13. The molecule has 3 aromatic rings. The maximum absolute atomic E-state index is 13.2. The lowest BCUT2D eigenvalue weighted by Crippen LogP contribution is -2.36. The number of benzene rings is 2. The molecule has 0 spiro atoms. The van der Waals surface area contributed by atoms with Crippen molar-refractivity contribution in [3.63, 3.8) is 0 Å². The summed E-state index contributed by atoms with van der Waals surface area (Å²) in [6, 6.07) is 13.4. The number of morpholine rings is 1. The first kappa shape index (κ1) is 17.3. The summed E-state index contributed by atoms with van der Waals surface area (Å²) in [5.74, 6) is -0.287. The molecule has 2 aromatic carbocycles. The van der Waals surface area contributed by atoms with Gasteiger partial charge in [0.2, 0.25) is 5.82 Å². The number of ketones is 1. The van der Waals surface area contributed by atoms with Gasteiger partial charge >= 0.3 is 0 Å². The van der Waals surface area contributed by atoms with E-state index in [1.807, 2.05) is 24.3 Å². The maximum Gasteiger partial charge on any atom is 0.204 e. The Morgan fingerprint density at radius 3 is 2.63 bits per heavy atom. The SMILES string of the molecule is O=C(Cn1nnc(-c2ccc(N3CCOCC3)cc2)n1)c1cccc(F)c1. The predicted octanol–water partition coefficient (Wildman–Crippen LogP) is 2.20. The summed E-state index contributed by atoms with van der Waals surface area (Å²) in [5.41, 5.74) is 2.22. The van der Waals surface area contributed by atoms with Gasteiger partial charge in [-0.3, -0.25) is 4.79 Å². The molecule has 27 heavy (non-hydrogen) atoms. The van der Waals surface area contributed by atoms with Gasteiger partial charge in [-0.1, -0.05) is 12.1 Å². The van der Waals surface area contributed by atoms with E-state index >= 15 is 0 Å². The zero-order valence-corrected chi connectivity index (χ0v) is 14.6. The zero-order valence-electron chi connectivity index (χ0n) is 14.6. The number of rotatable bonds is 5. The van der Waals surface area contributed by atoms with Crippen molar-refractivity contribution in [2.24, 2.45) is 0 Å². The second-order valence-corrected chi connectivity index (χ2v) is 6.22. The monoisotopic (exact) mass is 367 g/mol. The van der Waals surface area contributed by atoms with Gasteiger partial charge in [0.25, 0.3) is 0 Å². The lowest BCUT2D eigenvalue weighted by Gasteiger charge is -2.28. The van der Waals surface area contributed by atoms with Crippen molar-refractivity contribution in [1.82, 2.24) is 20.2 Å². The minimum atomic E-state index is -0.451. The van der Waals surface area contributed by atoms with Crippen molar-refractivity contribution in [3.05, 3.63) is 59.9 Å². The molecule has 0 radical (unpaired) electrons. The van der Waals surface area contributed by atoms with E-state index in [0.717, 1.165) is 37.6 Å². The summed E-state index contributed by atoms with van der Waals surface area (Å²) in [6.45, 7) is 3.11. The quantitative estimate of drug-likeness (QED) is 0.644. The summed E-state index contributed by atoms with van der Waals surface area (Å²) in [5, 5.41) is 12.2. The largest absolute Gasteiger partial charge is 0.378 e. The molecule has 8 heteroatoms. The minimum absolute atomic E-state index is 0.0949. The number of halogens is 1. The Kier molecular flexibility index (Phi) is 4.88. The van der Waals surface area contributed by atoms with E-state index in [0.29, 0.717) is 5.82 Å². The lowest BCUT2D eigenvalue weighted by atomic mass is 10.1. The van der Waals surface area contributed by atoms with E-state index in [-0.39, 0.29) is 17.9 Å². The van der Waals surface area contributed by atoms with Gasteiger partial charge in [-0.05, 0) is 41.6 Å². The van der Waals surface area contributed by atoms with E-state index in [1.54, 1.807) is 6.07 Å². The Bertz CT molecular complexity index is 935. The van der Waals surface area contributed by atoms with Crippen molar-refractivity contribution in [2.45, 2.75) is 6.54 Å². The predicted molar refractivity (Wildman–Crippen MR) is 97.0 cm³/mol. The molecule has 0 saturated carbocycles. The van der Waals surface area contributed by atoms with Gasteiger partial charge in [-0.25, -0.2) is 4.39 Å². The third-order valence-corrected chi connectivity index (χ3v) is 4.39. The van der Waals surface area contributed by atoms with Crippen LogP contribution in [-0.2, 0) is 11.3 Å². The van der Waals surface area contributed by atoms with Gasteiger partial charge in [0.1, 0.15) is 12.4 Å². The summed E-state index contributed by atoms with van der Waals surface area (Å²) in [7, 11) is 0. The van der Waals surface area contributed by atoms with Crippen LogP contribution in [-0.4, -0.2) is 52.3 Å². The van der Waals surface area contributed by atoms with Crippen molar-refractivity contribution in [3.8, 4) is 11.4 Å². The van der Waals surface area contributed by atoms with Crippen molar-refractivity contribution in [1.29, 1.82) is 0 Å². The molecule has 0 unspecified atom stereocenters. The highest BCUT2D eigenvalue weighted by molar-refractivity contribution is 5.95. The molecule has 138 valence electrons. The van der Waals surface area contributed by atoms with Crippen LogP contribution in [0.25, 0.3) is 11.4 Å². The number of tetrazole rings is 1. The molecule has 2 heterocycles. The second-order valence-electron chi connectivity index (χ2n) is 6.22. The van der Waals surface area contributed by atoms with Crippen LogP contribution in [0.3, 0.4) is 0 Å². The topological polar surface area (TPSA) is 73.1 Å². The van der Waals surface area contributed by atoms with Crippen LogP contribution in [0, 0.1) is 5.82 Å². The molecule has 1 aromatic heterocycles. The van der Waals surface area contributed by atoms with Crippen LogP contribution in [0.15, 0.2) is 48.5 Å². The first-order chi connectivity index (χ1) is 13.2. The number of carbonyl (C=O) groups excluding carboxylic acids is 1. The van der Waals surface area contributed by atoms with Crippen molar-refractivity contribution in [2.75, 3.05) is 31.2 Å². The average molecular weight is 367 g/mol. The Morgan fingerprint density at radius 2 is 1.89 bits per heavy atom. The average Bonchev–Trinajstić information content (AvgIpc) is 3.17. The molecular weight excluding hydrogens is 349 g/mol. The molecule has 1 aliphatic rings. The van der Waals surface area contributed by atoms with Crippen LogP contribution >= 0.6 is 0 Å². The molecule has 7 nitrogen and oxygen atoms in total. The number of anilines is 1. The summed E-state index contributed by atoms with van der Waals surface area (Å²) >= 11 is 0. The number of nitrogens with zero attached hydrogens (tertiary/aromatic N) is 5. The lowest BCUT2D eigenvalue weighted by molar-refractivity contribution is 0.0961. The van der Waals surface area contributed by atoms with Crippen LogP contribution in [0.1, 0.15) is 10.4 Å². The minimum Gasteiger partial charge on any atom is -0.378 e. The molecule has 1 saturated heterocycles. The molecule has 0 amide bonds. The third kappa shape index (κ3) is 4.01. The Morgan fingerprint density at radius 1 is 1.11 bits per heavy atom. The van der Waals surface area contributed by atoms with Gasteiger partial charge < -0.3 is 9.64 Å². The molecule has 0 atom stereocenters. The highest BCUT2D eigenvalue weighted by Crippen LogP contribution is 2.21. The Balaban J connectivity index is 1.45. The first-order valence-corrected chi connectivity index (χ1v) is 8.69. The first-order valence-electron chi connectivity index (χ1n) is 8.69. The van der Waals surface area contributed by atoms with E-state index in [2.05, 4.69) is 20.3 Å². The molecule has 4 rings (SSSR count). The normalized spacial score (nSPS) is 14.3. The fourth-order valence-electron chi connectivity index (χ4n) is 2.95. The highest BCUT2D eigenvalue weighted by atomic mass is 19.1. The standard InChI is InChI=1S/C19H18FN5O2/c20-16-3-1-2-15(12-16)18(26)13-25-22-19(21-23-25)14-4-6-17(7-5-14)24-8-10-27-11-9-24/h1-7,12H,8-11,13H2. The summed E-state index contributed by atoms with van der Waals surface area (Å²) in [6.07, 6.45) is 0.